The lowest BCUT2D eigenvalue weighted by Crippen LogP contribution is -2.36. The van der Waals surface area contributed by atoms with Gasteiger partial charge in [-0.25, -0.2) is 8.42 Å². The summed E-state index contributed by atoms with van der Waals surface area (Å²) >= 11 is 0. The molecule has 0 heterocycles. The molecule has 0 aliphatic rings. The largest absolute Gasteiger partial charge is 0.313 e. The first-order chi connectivity index (χ1) is 9.92. The maximum absolute atomic E-state index is 12.4. The van der Waals surface area contributed by atoms with E-state index in [1.165, 1.54) is 0 Å². The van der Waals surface area contributed by atoms with Gasteiger partial charge in [0, 0.05) is 6.04 Å². The van der Waals surface area contributed by atoms with Crippen LogP contribution in [0.25, 0.3) is 0 Å². The van der Waals surface area contributed by atoms with Crippen molar-refractivity contribution in [1.29, 1.82) is 0 Å². The van der Waals surface area contributed by atoms with Crippen LogP contribution in [0.5, 0.6) is 0 Å². The molecule has 0 amide bonds. The molecule has 0 aliphatic carbocycles. The Morgan fingerprint density at radius 1 is 1.10 bits per heavy atom. The summed E-state index contributed by atoms with van der Waals surface area (Å²) in [6, 6.07) is 7.75. The van der Waals surface area contributed by atoms with Crippen molar-refractivity contribution in [2.45, 2.75) is 57.9 Å². The van der Waals surface area contributed by atoms with Crippen LogP contribution in [-0.4, -0.2) is 26.8 Å². The normalized spacial score (nSPS) is 13.6. The molecular formula is C17H29NO2S. The van der Waals surface area contributed by atoms with Crippen LogP contribution in [0.1, 0.15) is 46.1 Å². The van der Waals surface area contributed by atoms with Gasteiger partial charge in [0.25, 0.3) is 0 Å². The maximum Gasteiger partial charge on any atom is 0.178 e. The summed E-state index contributed by atoms with van der Waals surface area (Å²) in [5.74, 6) is 0.692. The minimum Gasteiger partial charge on any atom is -0.313 e. The Balaban J connectivity index is 3.02. The van der Waals surface area contributed by atoms with Crippen LogP contribution in [0.4, 0.5) is 0 Å². The average molecular weight is 311 g/mol. The molecule has 1 rings (SSSR count). The third-order valence-corrected chi connectivity index (χ3v) is 5.70. The van der Waals surface area contributed by atoms with E-state index in [1.54, 1.807) is 6.07 Å². The number of rotatable bonds is 9. The van der Waals surface area contributed by atoms with E-state index in [-0.39, 0.29) is 5.75 Å². The van der Waals surface area contributed by atoms with Crippen LogP contribution in [0, 0.1) is 5.92 Å². The Bertz CT molecular complexity index is 523. The smallest absolute Gasteiger partial charge is 0.178 e. The average Bonchev–Trinajstić information content (AvgIpc) is 2.43. The number of benzene rings is 1. The summed E-state index contributed by atoms with van der Waals surface area (Å²) in [5, 5.41) is 3.53. The fourth-order valence-corrected chi connectivity index (χ4v) is 4.06. The number of hydrogen-bond acceptors (Lipinski definition) is 3. The Hall–Kier alpha value is -0.870. The van der Waals surface area contributed by atoms with Crippen LogP contribution >= 0.6 is 0 Å². The molecule has 0 saturated heterocycles. The zero-order valence-corrected chi connectivity index (χ0v) is 14.5. The van der Waals surface area contributed by atoms with Gasteiger partial charge >= 0.3 is 0 Å². The maximum atomic E-state index is 12.4. The minimum atomic E-state index is -3.16. The van der Waals surface area contributed by atoms with Gasteiger partial charge in [-0.2, -0.15) is 0 Å². The highest BCUT2D eigenvalue weighted by atomic mass is 32.2. The molecule has 120 valence electrons. The second-order valence-corrected chi connectivity index (χ2v) is 8.01. The molecule has 1 N–H and O–H groups in total. The van der Waals surface area contributed by atoms with Crippen LogP contribution in [0.15, 0.2) is 29.2 Å². The number of sulfone groups is 1. The minimum absolute atomic E-state index is 0.221. The van der Waals surface area contributed by atoms with Gasteiger partial charge in [-0.05, 0) is 43.4 Å². The molecule has 0 aromatic heterocycles. The zero-order valence-electron chi connectivity index (χ0n) is 13.7. The lowest BCUT2D eigenvalue weighted by atomic mass is 9.96. The molecule has 0 aliphatic heterocycles. The second-order valence-electron chi connectivity index (χ2n) is 5.94. The van der Waals surface area contributed by atoms with E-state index < -0.39 is 9.84 Å². The van der Waals surface area contributed by atoms with Crippen molar-refractivity contribution in [3.05, 3.63) is 29.8 Å². The van der Waals surface area contributed by atoms with Gasteiger partial charge in [0.15, 0.2) is 9.84 Å². The van der Waals surface area contributed by atoms with Gasteiger partial charge in [-0.3, -0.25) is 0 Å². The summed E-state index contributed by atoms with van der Waals surface area (Å²) in [6.45, 7) is 9.36. The van der Waals surface area contributed by atoms with Gasteiger partial charge in [0.2, 0.25) is 0 Å². The molecular weight excluding hydrogens is 282 g/mol. The van der Waals surface area contributed by atoms with Gasteiger partial charge in [-0.15, -0.1) is 0 Å². The molecule has 0 radical (unpaired) electrons. The molecule has 1 aromatic rings. The van der Waals surface area contributed by atoms with Gasteiger partial charge < -0.3 is 5.32 Å². The second kappa shape index (κ2) is 8.54. The summed E-state index contributed by atoms with van der Waals surface area (Å²) < 4.78 is 24.8. The fourth-order valence-electron chi connectivity index (χ4n) is 2.46. The highest BCUT2D eigenvalue weighted by molar-refractivity contribution is 7.91. The Kier molecular flexibility index (Phi) is 7.40. The molecule has 0 bridgehead atoms. The molecule has 0 saturated carbocycles. The van der Waals surface area contributed by atoms with Crippen LogP contribution in [0.3, 0.4) is 0 Å². The Morgan fingerprint density at radius 2 is 1.76 bits per heavy atom. The highest BCUT2D eigenvalue weighted by Crippen LogP contribution is 2.21. The van der Waals surface area contributed by atoms with E-state index in [9.17, 15) is 8.42 Å². The summed E-state index contributed by atoms with van der Waals surface area (Å²) in [7, 11) is -3.16. The quantitative estimate of drug-likeness (QED) is 0.760. The first kappa shape index (κ1) is 18.2. The summed E-state index contributed by atoms with van der Waals surface area (Å²) in [5.41, 5.74) is 0.938. The summed E-state index contributed by atoms with van der Waals surface area (Å²) in [4.78, 5) is 0.510. The van der Waals surface area contributed by atoms with E-state index in [2.05, 4.69) is 26.1 Å². The van der Waals surface area contributed by atoms with Crippen molar-refractivity contribution in [3.63, 3.8) is 0 Å². The highest BCUT2D eigenvalue weighted by Gasteiger charge is 2.20. The van der Waals surface area contributed by atoms with Crippen molar-refractivity contribution in [2.75, 3.05) is 12.3 Å². The van der Waals surface area contributed by atoms with Crippen molar-refractivity contribution in [1.82, 2.24) is 5.32 Å². The SMILES string of the molecule is CCCNC(Cc1ccccc1S(=O)(=O)CCC)C(C)C. The molecule has 1 unspecified atom stereocenters. The molecule has 4 heteroatoms. The first-order valence-corrected chi connectivity index (χ1v) is 9.61. The van der Waals surface area contributed by atoms with E-state index in [0.29, 0.717) is 23.3 Å². The van der Waals surface area contributed by atoms with Crippen molar-refractivity contribution in [2.24, 2.45) is 5.92 Å². The molecule has 3 nitrogen and oxygen atoms in total. The van der Waals surface area contributed by atoms with E-state index in [0.717, 1.165) is 24.9 Å². The standard InChI is InChI=1S/C17H29NO2S/c1-5-11-18-16(14(3)4)13-15-9-7-8-10-17(15)21(19,20)12-6-2/h7-10,14,16,18H,5-6,11-13H2,1-4H3. The zero-order chi connectivity index (χ0) is 15.9. The first-order valence-electron chi connectivity index (χ1n) is 7.96. The van der Waals surface area contributed by atoms with E-state index in [4.69, 9.17) is 0 Å². The summed E-state index contributed by atoms with van der Waals surface area (Å²) in [6.07, 6.45) is 2.49. The van der Waals surface area contributed by atoms with Gasteiger partial charge in [0.05, 0.1) is 10.6 Å². The van der Waals surface area contributed by atoms with Crippen LogP contribution in [-0.2, 0) is 16.3 Å². The Morgan fingerprint density at radius 3 is 2.33 bits per heavy atom. The van der Waals surface area contributed by atoms with Crippen LogP contribution in [0.2, 0.25) is 0 Å². The molecule has 0 fully saturated rings. The van der Waals surface area contributed by atoms with E-state index >= 15 is 0 Å². The predicted octanol–water partition coefficient (Wildman–Crippen LogP) is 3.44. The topological polar surface area (TPSA) is 46.2 Å². The third kappa shape index (κ3) is 5.44. The van der Waals surface area contributed by atoms with E-state index in [1.807, 2.05) is 25.1 Å². The molecule has 21 heavy (non-hydrogen) atoms. The molecule has 1 atom stereocenters. The van der Waals surface area contributed by atoms with Crippen molar-refractivity contribution >= 4 is 9.84 Å². The number of hydrogen-bond donors (Lipinski definition) is 1. The van der Waals surface area contributed by atoms with Crippen molar-refractivity contribution < 1.29 is 8.42 Å². The lowest BCUT2D eigenvalue weighted by molar-refractivity contribution is 0.395. The van der Waals surface area contributed by atoms with Crippen LogP contribution < -0.4 is 5.32 Å². The predicted molar refractivity (Wildman–Crippen MR) is 89.4 cm³/mol. The lowest BCUT2D eigenvalue weighted by Gasteiger charge is -2.23. The third-order valence-electron chi connectivity index (χ3n) is 3.68. The Labute approximate surface area is 130 Å². The monoisotopic (exact) mass is 311 g/mol. The van der Waals surface area contributed by atoms with Crippen molar-refractivity contribution in [3.8, 4) is 0 Å². The fraction of sp³-hybridized carbons (Fsp3) is 0.647. The van der Waals surface area contributed by atoms with Gasteiger partial charge in [0.1, 0.15) is 0 Å². The molecule has 0 spiro atoms. The van der Waals surface area contributed by atoms with Gasteiger partial charge in [-0.1, -0.05) is 45.9 Å². The molecule has 1 aromatic carbocycles. The number of nitrogens with one attached hydrogen (secondary N) is 1.